The average Bonchev–Trinajstić information content (AvgIpc) is 2.37. The summed E-state index contributed by atoms with van der Waals surface area (Å²) in [5, 5.41) is 0.283. The molecule has 0 aliphatic heterocycles. The lowest BCUT2D eigenvalue weighted by Gasteiger charge is -2.16. The Morgan fingerprint density at radius 3 is 2.53 bits per heavy atom. The third kappa shape index (κ3) is 3.46. The van der Waals surface area contributed by atoms with Crippen molar-refractivity contribution in [3.63, 3.8) is 0 Å². The highest BCUT2D eigenvalue weighted by Gasteiger charge is 2.19. The van der Waals surface area contributed by atoms with Crippen molar-refractivity contribution < 1.29 is 4.74 Å². The molecule has 100 valence electrons. The Kier molecular flexibility index (Phi) is 5.18. The van der Waals surface area contributed by atoms with E-state index in [2.05, 4.69) is 31.9 Å². The van der Waals surface area contributed by atoms with Crippen molar-refractivity contribution in [1.82, 2.24) is 0 Å². The van der Waals surface area contributed by atoms with Gasteiger partial charge in [0.25, 0.3) is 0 Å². The fourth-order valence-corrected chi connectivity index (χ4v) is 3.54. The molecule has 0 saturated heterocycles. The van der Waals surface area contributed by atoms with E-state index in [-0.39, 0.29) is 5.38 Å². The topological polar surface area (TPSA) is 9.23 Å². The van der Waals surface area contributed by atoms with Gasteiger partial charge >= 0.3 is 0 Å². The molecular formula is C14H10Br2Cl2O. The van der Waals surface area contributed by atoms with Crippen LogP contribution in [0.2, 0.25) is 5.02 Å². The summed E-state index contributed by atoms with van der Waals surface area (Å²) in [6.07, 6.45) is 0. The van der Waals surface area contributed by atoms with Gasteiger partial charge in [0.15, 0.2) is 0 Å². The van der Waals surface area contributed by atoms with E-state index >= 15 is 0 Å². The minimum Gasteiger partial charge on any atom is -0.495 e. The second-order valence-electron chi connectivity index (χ2n) is 3.93. The molecule has 1 atom stereocenters. The quantitative estimate of drug-likeness (QED) is 0.533. The van der Waals surface area contributed by atoms with Gasteiger partial charge < -0.3 is 4.74 Å². The van der Waals surface area contributed by atoms with Crippen molar-refractivity contribution in [2.24, 2.45) is 0 Å². The van der Waals surface area contributed by atoms with Gasteiger partial charge in [0.05, 0.1) is 17.0 Å². The molecular weight excluding hydrogens is 415 g/mol. The molecule has 0 fully saturated rings. The van der Waals surface area contributed by atoms with Crippen LogP contribution in [0.3, 0.4) is 0 Å². The number of benzene rings is 2. The van der Waals surface area contributed by atoms with E-state index in [0.29, 0.717) is 10.8 Å². The predicted octanol–water partition coefficient (Wildman–Crippen LogP) is 6.20. The second-order valence-corrected chi connectivity index (χ2v) is 6.57. The van der Waals surface area contributed by atoms with Crippen LogP contribution in [0.25, 0.3) is 0 Å². The summed E-state index contributed by atoms with van der Waals surface area (Å²) < 4.78 is 7.17. The Hall–Kier alpha value is -0.220. The van der Waals surface area contributed by atoms with Gasteiger partial charge in [0, 0.05) is 15.1 Å². The van der Waals surface area contributed by atoms with Crippen LogP contribution in [-0.2, 0) is 0 Å². The number of rotatable bonds is 3. The number of alkyl halides is 1. The van der Waals surface area contributed by atoms with E-state index in [0.717, 1.165) is 20.1 Å². The summed E-state index contributed by atoms with van der Waals surface area (Å²) in [4.78, 5) is 0. The van der Waals surface area contributed by atoms with Crippen molar-refractivity contribution in [3.8, 4) is 5.75 Å². The molecule has 0 spiro atoms. The normalized spacial score (nSPS) is 12.3. The first-order chi connectivity index (χ1) is 9.02. The van der Waals surface area contributed by atoms with Crippen LogP contribution in [0.4, 0.5) is 0 Å². The molecule has 2 aromatic carbocycles. The lowest BCUT2D eigenvalue weighted by atomic mass is 10.0. The Morgan fingerprint density at radius 1 is 1.16 bits per heavy atom. The molecule has 0 heterocycles. The van der Waals surface area contributed by atoms with Gasteiger partial charge in [-0.15, -0.1) is 11.6 Å². The molecule has 19 heavy (non-hydrogen) atoms. The maximum atomic E-state index is 6.55. The molecule has 0 bridgehead atoms. The fraction of sp³-hybridized carbons (Fsp3) is 0.143. The van der Waals surface area contributed by atoms with E-state index < -0.39 is 0 Å². The lowest BCUT2D eigenvalue weighted by molar-refractivity contribution is 0.407. The highest BCUT2D eigenvalue weighted by molar-refractivity contribution is 9.10. The molecule has 2 rings (SSSR count). The molecule has 1 unspecified atom stereocenters. The van der Waals surface area contributed by atoms with Crippen LogP contribution < -0.4 is 4.74 Å². The number of halogens is 4. The number of ether oxygens (including phenoxy) is 1. The van der Waals surface area contributed by atoms with Crippen molar-refractivity contribution >= 4 is 55.1 Å². The van der Waals surface area contributed by atoms with Gasteiger partial charge in [-0.3, -0.25) is 0 Å². The van der Waals surface area contributed by atoms with Crippen molar-refractivity contribution in [1.29, 1.82) is 0 Å². The van der Waals surface area contributed by atoms with Crippen LogP contribution in [-0.4, -0.2) is 7.11 Å². The van der Waals surface area contributed by atoms with Crippen LogP contribution in [0.5, 0.6) is 5.75 Å². The number of methoxy groups -OCH3 is 1. The van der Waals surface area contributed by atoms with Gasteiger partial charge in [-0.25, -0.2) is 0 Å². The van der Waals surface area contributed by atoms with Crippen molar-refractivity contribution in [2.45, 2.75) is 5.38 Å². The van der Waals surface area contributed by atoms with E-state index in [1.54, 1.807) is 13.2 Å². The summed E-state index contributed by atoms with van der Waals surface area (Å²) >= 11 is 19.5. The Bertz CT molecular complexity index is 602. The first-order valence-electron chi connectivity index (χ1n) is 5.45. The Morgan fingerprint density at radius 2 is 1.89 bits per heavy atom. The third-order valence-electron chi connectivity index (χ3n) is 2.66. The molecule has 5 heteroatoms. The average molecular weight is 425 g/mol. The zero-order chi connectivity index (χ0) is 14.0. The maximum Gasteiger partial charge on any atom is 0.138 e. The van der Waals surface area contributed by atoms with Crippen LogP contribution in [0.1, 0.15) is 16.5 Å². The molecule has 0 amide bonds. The molecule has 0 saturated carbocycles. The summed E-state index contributed by atoms with van der Waals surface area (Å²) in [6.45, 7) is 0. The van der Waals surface area contributed by atoms with E-state index in [1.807, 2.05) is 30.3 Å². The van der Waals surface area contributed by atoms with Gasteiger partial charge in [-0.05, 0) is 45.8 Å². The van der Waals surface area contributed by atoms with Gasteiger partial charge in [-0.2, -0.15) is 0 Å². The van der Waals surface area contributed by atoms with Crippen molar-refractivity contribution in [2.75, 3.05) is 7.11 Å². The predicted molar refractivity (Wildman–Crippen MR) is 87.5 cm³/mol. The lowest BCUT2D eigenvalue weighted by Crippen LogP contribution is -1.98. The van der Waals surface area contributed by atoms with E-state index in [9.17, 15) is 0 Å². The molecule has 2 aromatic rings. The molecule has 0 aliphatic carbocycles. The fourth-order valence-electron chi connectivity index (χ4n) is 1.83. The van der Waals surface area contributed by atoms with Gasteiger partial charge in [0.2, 0.25) is 0 Å². The standard InChI is InChI=1S/C14H10Br2Cl2O/c1-19-14-11(6-10(17)7-12(14)16)13(18)8-3-2-4-9(15)5-8/h2-7,13H,1H3. The van der Waals surface area contributed by atoms with Crippen LogP contribution >= 0.6 is 55.1 Å². The first-order valence-corrected chi connectivity index (χ1v) is 7.85. The summed E-state index contributed by atoms with van der Waals surface area (Å²) in [7, 11) is 1.61. The SMILES string of the molecule is COc1c(Br)cc(Cl)cc1C(Cl)c1cccc(Br)c1. The minimum absolute atomic E-state index is 0.331. The number of hydrogen-bond acceptors (Lipinski definition) is 1. The summed E-state index contributed by atoms with van der Waals surface area (Å²) in [5.74, 6) is 0.698. The largest absolute Gasteiger partial charge is 0.495 e. The van der Waals surface area contributed by atoms with Gasteiger partial charge in [0.1, 0.15) is 5.75 Å². The maximum absolute atomic E-state index is 6.55. The molecule has 0 radical (unpaired) electrons. The highest BCUT2D eigenvalue weighted by Crippen LogP contribution is 2.41. The zero-order valence-electron chi connectivity index (χ0n) is 9.96. The van der Waals surface area contributed by atoms with E-state index in [4.69, 9.17) is 27.9 Å². The smallest absolute Gasteiger partial charge is 0.138 e. The van der Waals surface area contributed by atoms with Gasteiger partial charge in [-0.1, -0.05) is 39.7 Å². The van der Waals surface area contributed by atoms with Crippen LogP contribution in [0, 0.1) is 0 Å². The molecule has 1 nitrogen and oxygen atoms in total. The summed E-state index contributed by atoms with van der Waals surface area (Å²) in [6, 6.07) is 11.5. The first kappa shape index (κ1) is 15.2. The third-order valence-corrected chi connectivity index (χ3v) is 4.44. The Labute approximate surface area is 139 Å². The monoisotopic (exact) mass is 422 g/mol. The second kappa shape index (κ2) is 6.49. The summed E-state index contributed by atoms with van der Waals surface area (Å²) in [5.41, 5.74) is 1.81. The van der Waals surface area contributed by atoms with Crippen molar-refractivity contribution in [3.05, 3.63) is 61.5 Å². The number of hydrogen-bond donors (Lipinski definition) is 0. The molecule has 0 aliphatic rings. The Balaban J connectivity index is 2.52. The zero-order valence-corrected chi connectivity index (χ0v) is 14.6. The molecule has 0 N–H and O–H groups in total. The van der Waals surface area contributed by atoms with E-state index in [1.165, 1.54) is 0 Å². The van der Waals surface area contributed by atoms with Crippen LogP contribution in [0.15, 0.2) is 45.3 Å². The molecule has 0 aromatic heterocycles. The highest BCUT2D eigenvalue weighted by atomic mass is 79.9. The minimum atomic E-state index is -0.331.